The van der Waals surface area contributed by atoms with Gasteiger partial charge in [0.2, 0.25) is 5.91 Å². The highest BCUT2D eigenvalue weighted by molar-refractivity contribution is 5.81. The Balaban J connectivity index is 2.43. The van der Waals surface area contributed by atoms with E-state index in [9.17, 15) is 4.79 Å². The van der Waals surface area contributed by atoms with Crippen molar-refractivity contribution in [3.05, 3.63) is 12.7 Å². The molecular formula is C14H27N3O. The molecule has 1 heterocycles. The van der Waals surface area contributed by atoms with E-state index < -0.39 is 6.04 Å². The van der Waals surface area contributed by atoms with Crippen molar-refractivity contribution < 1.29 is 4.79 Å². The Bertz CT molecular complexity index is 268. The van der Waals surface area contributed by atoms with Gasteiger partial charge in [0.15, 0.2) is 0 Å². The SMILES string of the molecule is C=CCC(N)C(=O)N1CCC(N(CC)CC)CC1. The fourth-order valence-corrected chi connectivity index (χ4v) is 2.71. The average molecular weight is 253 g/mol. The van der Waals surface area contributed by atoms with Crippen LogP contribution in [-0.2, 0) is 4.79 Å². The number of likely N-dealkylation sites (tertiary alicyclic amines) is 1. The van der Waals surface area contributed by atoms with Crippen molar-refractivity contribution >= 4 is 5.91 Å². The number of nitrogens with zero attached hydrogens (tertiary/aromatic N) is 2. The molecule has 1 saturated heterocycles. The van der Waals surface area contributed by atoms with Gasteiger partial charge in [-0.15, -0.1) is 6.58 Å². The molecule has 0 bridgehead atoms. The number of carbonyl (C=O) groups is 1. The minimum Gasteiger partial charge on any atom is -0.341 e. The molecule has 1 aliphatic rings. The number of rotatable bonds is 6. The van der Waals surface area contributed by atoms with Crippen LogP contribution in [0.15, 0.2) is 12.7 Å². The second-order valence-corrected chi connectivity index (χ2v) is 4.91. The Hall–Kier alpha value is -0.870. The number of hydrogen-bond acceptors (Lipinski definition) is 3. The lowest BCUT2D eigenvalue weighted by molar-refractivity contribution is -0.134. The quantitative estimate of drug-likeness (QED) is 0.724. The maximum Gasteiger partial charge on any atom is 0.239 e. The molecule has 104 valence electrons. The molecule has 18 heavy (non-hydrogen) atoms. The molecule has 0 aliphatic carbocycles. The molecule has 1 rings (SSSR count). The van der Waals surface area contributed by atoms with Crippen molar-refractivity contribution in [3.63, 3.8) is 0 Å². The second-order valence-electron chi connectivity index (χ2n) is 4.91. The average Bonchev–Trinajstić information content (AvgIpc) is 2.40. The van der Waals surface area contributed by atoms with E-state index in [-0.39, 0.29) is 5.91 Å². The van der Waals surface area contributed by atoms with Crippen LogP contribution in [0, 0.1) is 0 Å². The Morgan fingerprint density at radius 3 is 2.44 bits per heavy atom. The van der Waals surface area contributed by atoms with Crippen LogP contribution in [0.1, 0.15) is 33.1 Å². The largest absolute Gasteiger partial charge is 0.341 e. The molecule has 1 fully saturated rings. The van der Waals surface area contributed by atoms with Crippen LogP contribution in [0.3, 0.4) is 0 Å². The Labute approximate surface area is 111 Å². The summed E-state index contributed by atoms with van der Waals surface area (Å²) in [4.78, 5) is 16.4. The molecule has 1 unspecified atom stereocenters. The fraction of sp³-hybridized carbons (Fsp3) is 0.786. The van der Waals surface area contributed by atoms with E-state index in [1.165, 1.54) is 0 Å². The summed E-state index contributed by atoms with van der Waals surface area (Å²) in [5, 5.41) is 0. The molecule has 0 aromatic rings. The first-order valence-electron chi connectivity index (χ1n) is 7.03. The van der Waals surface area contributed by atoms with Gasteiger partial charge >= 0.3 is 0 Å². The predicted molar refractivity (Wildman–Crippen MR) is 75.3 cm³/mol. The van der Waals surface area contributed by atoms with E-state index in [0.717, 1.165) is 39.0 Å². The van der Waals surface area contributed by atoms with Crippen molar-refractivity contribution in [2.75, 3.05) is 26.2 Å². The highest BCUT2D eigenvalue weighted by Crippen LogP contribution is 2.17. The normalized spacial score (nSPS) is 19.0. The number of nitrogens with two attached hydrogens (primary N) is 1. The predicted octanol–water partition coefficient (Wildman–Crippen LogP) is 1.22. The van der Waals surface area contributed by atoms with E-state index in [2.05, 4.69) is 25.3 Å². The van der Waals surface area contributed by atoms with Crippen LogP contribution in [0.2, 0.25) is 0 Å². The van der Waals surface area contributed by atoms with E-state index in [4.69, 9.17) is 5.73 Å². The molecule has 0 spiro atoms. The highest BCUT2D eigenvalue weighted by atomic mass is 16.2. The standard InChI is InChI=1S/C14H27N3O/c1-4-7-13(15)14(18)17-10-8-12(9-11-17)16(5-2)6-3/h4,12-13H,1,5-11,15H2,2-3H3. The molecule has 0 saturated carbocycles. The third kappa shape index (κ3) is 3.82. The summed E-state index contributed by atoms with van der Waals surface area (Å²) in [7, 11) is 0. The molecular weight excluding hydrogens is 226 g/mol. The molecule has 1 amide bonds. The Morgan fingerprint density at radius 1 is 1.44 bits per heavy atom. The first-order valence-corrected chi connectivity index (χ1v) is 7.03. The van der Waals surface area contributed by atoms with Gasteiger partial charge in [0, 0.05) is 19.1 Å². The zero-order chi connectivity index (χ0) is 13.5. The van der Waals surface area contributed by atoms with Gasteiger partial charge in [-0.1, -0.05) is 19.9 Å². The highest BCUT2D eigenvalue weighted by Gasteiger charge is 2.27. The number of amides is 1. The van der Waals surface area contributed by atoms with Crippen LogP contribution < -0.4 is 5.73 Å². The summed E-state index contributed by atoms with van der Waals surface area (Å²) >= 11 is 0. The minimum atomic E-state index is -0.410. The van der Waals surface area contributed by atoms with Crippen molar-refractivity contribution in [1.82, 2.24) is 9.80 Å². The van der Waals surface area contributed by atoms with Gasteiger partial charge in [-0.25, -0.2) is 0 Å². The zero-order valence-corrected chi connectivity index (χ0v) is 11.8. The zero-order valence-electron chi connectivity index (χ0n) is 11.8. The smallest absolute Gasteiger partial charge is 0.239 e. The summed E-state index contributed by atoms with van der Waals surface area (Å²) in [5.41, 5.74) is 5.83. The van der Waals surface area contributed by atoms with Gasteiger partial charge in [-0.2, -0.15) is 0 Å². The molecule has 4 nitrogen and oxygen atoms in total. The lowest BCUT2D eigenvalue weighted by Gasteiger charge is -2.38. The monoisotopic (exact) mass is 253 g/mol. The summed E-state index contributed by atoms with van der Waals surface area (Å²) in [5.74, 6) is 0.0768. The van der Waals surface area contributed by atoms with Crippen LogP contribution in [-0.4, -0.2) is 54.0 Å². The van der Waals surface area contributed by atoms with Crippen LogP contribution in [0.5, 0.6) is 0 Å². The maximum atomic E-state index is 12.0. The molecule has 0 aromatic heterocycles. The Morgan fingerprint density at radius 2 is 2.00 bits per heavy atom. The Kier molecular flexibility index (Phi) is 6.36. The topological polar surface area (TPSA) is 49.6 Å². The summed E-state index contributed by atoms with van der Waals surface area (Å²) in [6.07, 6.45) is 4.41. The van der Waals surface area contributed by atoms with Crippen LogP contribution >= 0.6 is 0 Å². The molecule has 1 aliphatic heterocycles. The van der Waals surface area contributed by atoms with Crippen molar-refractivity contribution in [2.45, 2.75) is 45.2 Å². The van der Waals surface area contributed by atoms with E-state index in [1.807, 2.05) is 4.90 Å². The van der Waals surface area contributed by atoms with Gasteiger partial charge in [0.25, 0.3) is 0 Å². The van der Waals surface area contributed by atoms with Crippen molar-refractivity contribution in [2.24, 2.45) is 5.73 Å². The molecule has 1 atom stereocenters. The van der Waals surface area contributed by atoms with E-state index >= 15 is 0 Å². The number of hydrogen-bond donors (Lipinski definition) is 1. The molecule has 0 radical (unpaired) electrons. The van der Waals surface area contributed by atoms with Gasteiger partial charge in [-0.05, 0) is 32.4 Å². The van der Waals surface area contributed by atoms with Gasteiger partial charge in [0.05, 0.1) is 6.04 Å². The minimum absolute atomic E-state index is 0.0768. The fourth-order valence-electron chi connectivity index (χ4n) is 2.71. The first-order chi connectivity index (χ1) is 8.63. The number of piperidine rings is 1. The molecule has 4 heteroatoms. The summed E-state index contributed by atoms with van der Waals surface area (Å²) in [6.45, 7) is 11.9. The number of carbonyl (C=O) groups excluding carboxylic acids is 1. The first kappa shape index (κ1) is 15.2. The molecule has 2 N–H and O–H groups in total. The maximum absolute atomic E-state index is 12.0. The van der Waals surface area contributed by atoms with Gasteiger partial charge in [-0.3, -0.25) is 4.79 Å². The summed E-state index contributed by atoms with van der Waals surface area (Å²) in [6, 6.07) is 0.215. The van der Waals surface area contributed by atoms with Crippen molar-refractivity contribution in [3.8, 4) is 0 Å². The van der Waals surface area contributed by atoms with Crippen molar-refractivity contribution in [1.29, 1.82) is 0 Å². The summed E-state index contributed by atoms with van der Waals surface area (Å²) < 4.78 is 0. The lowest BCUT2D eigenvalue weighted by atomic mass is 10.0. The third-order valence-electron chi connectivity index (χ3n) is 3.84. The van der Waals surface area contributed by atoms with Crippen LogP contribution in [0.4, 0.5) is 0 Å². The molecule has 0 aromatic carbocycles. The van der Waals surface area contributed by atoms with E-state index in [0.29, 0.717) is 12.5 Å². The van der Waals surface area contributed by atoms with Crippen LogP contribution in [0.25, 0.3) is 0 Å². The van der Waals surface area contributed by atoms with E-state index in [1.54, 1.807) is 6.08 Å². The van der Waals surface area contributed by atoms with Gasteiger partial charge in [0.1, 0.15) is 0 Å². The second kappa shape index (κ2) is 7.54. The van der Waals surface area contributed by atoms with Gasteiger partial charge < -0.3 is 15.5 Å². The third-order valence-corrected chi connectivity index (χ3v) is 3.84. The lowest BCUT2D eigenvalue weighted by Crippen LogP contribution is -2.50.